The van der Waals surface area contributed by atoms with Crippen LogP contribution in [-0.2, 0) is 0 Å². The molecule has 1 aliphatic rings. The number of carbonyl (C=O) groups is 1. The van der Waals surface area contributed by atoms with Crippen molar-refractivity contribution in [2.24, 2.45) is 5.73 Å². The molecule has 0 aliphatic carbocycles. The third-order valence-electron chi connectivity index (χ3n) is 5.03. The van der Waals surface area contributed by atoms with Crippen molar-refractivity contribution in [3.8, 4) is 11.5 Å². The van der Waals surface area contributed by atoms with E-state index in [-0.39, 0.29) is 6.04 Å². The van der Waals surface area contributed by atoms with Crippen LogP contribution >= 0.6 is 0 Å². The predicted molar refractivity (Wildman–Crippen MR) is 110 cm³/mol. The van der Waals surface area contributed by atoms with Gasteiger partial charge < -0.3 is 25.4 Å². The van der Waals surface area contributed by atoms with Crippen molar-refractivity contribution in [1.82, 2.24) is 14.9 Å². The molecule has 3 N–H and O–H groups in total. The normalized spacial score (nSPS) is 14.8. The summed E-state index contributed by atoms with van der Waals surface area (Å²) in [5.74, 6) is 1.78. The van der Waals surface area contributed by atoms with Crippen LogP contribution in [0, 0.1) is 0 Å². The Morgan fingerprint density at radius 2 is 2.07 bits per heavy atom. The molecule has 0 spiro atoms. The molecule has 2 heterocycles. The standard InChI is InChI=1S/C21H23N5O3/c1-28-15-6-2-5-14(11-15)17(12-26-9-4-10-26)25-20-16-7-3-8-18(29-21(22)27)19(16)23-13-24-20/h2-3,5-8,11,13,17H,4,9-10,12H2,1H3,(H2,22,27)(H,23,24,25)/t17-/m1/s1. The number of anilines is 1. The first-order chi connectivity index (χ1) is 14.1. The number of primary amides is 1. The first-order valence-electron chi connectivity index (χ1n) is 9.48. The molecule has 8 heteroatoms. The zero-order valence-corrected chi connectivity index (χ0v) is 16.2. The minimum absolute atomic E-state index is 0.00390. The number of rotatable bonds is 7. The smallest absolute Gasteiger partial charge is 0.410 e. The average Bonchev–Trinajstić information content (AvgIpc) is 2.70. The van der Waals surface area contributed by atoms with Gasteiger partial charge in [-0.1, -0.05) is 18.2 Å². The summed E-state index contributed by atoms with van der Waals surface area (Å²) in [7, 11) is 1.66. The summed E-state index contributed by atoms with van der Waals surface area (Å²) in [6, 6.07) is 13.3. The molecule has 2 aromatic carbocycles. The largest absolute Gasteiger partial charge is 0.497 e. The van der Waals surface area contributed by atoms with Crippen LogP contribution in [0.5, 0.6) is 11.5 Å². The molecule has 1 aliphatic heterocycles. The van der Waals surface area contributed by atoms with Gasteiger partial charge in [-0.25, -0.2) is 14.8 Å². The fraction of sp³-hybridized carbons (Fsp3) is 0.286. The second kappa shape index (κ2) is 8.32. The number of ether oxygens (including phenoxy) is 2. The van der Waals surface area contributed by atoms with Crippen molar-refractivity contribution in [2.45, 2.75) is 12.5 Å². The number of likely N-dealkylation sites (tertiary alicyclic amines) is 1. The highest BCUT2D eigenvalue weighted by Gasteiger charge is 2.22. The molecule has 1 amide bonds. The van der Waals surface area contributed by atoms with E-state index < -0.39 is 6.09 Å². The lowest BCUT2D eigenvalue weighted by atomic mass is 10.0. The highest BCUT2D eigenvalue weighted by atomic mass is 16.5. The number of nitrogens with zero attached hydrogens (tertiary/aromatic N) is 3. The van der Waals surface area contributed by atoms with Gasteiger partial charge in [0.25, 0.3) is 0 Å². The molecule has 0 saturated carbocycles. The molecule has 1 fully saturated rings. The van der Waals surface area contributed by atoms with Gasteiger partial charge in [-0.2, -0.15) is 0 Å². The van der Waals surface area contributed by atoms with Crippen molar-refractivity contribution >= 4 is 22.8 Å². The summed E-state index contributed by atoms with van der Waals surface area (Å²) in [4.78, 5) is 22.3. The lowest BCUT2D eigenvalue weighted by Gasteiger charge is -2.35. The lowest BCUT2D eigenvalue weighted by molar-refractivity contribution is 0.174. The van der Waals surface area contributed by atoms with Gasteiger partial charge in [0.2, 0.25) is 0 Å². The Labute approximate surface area is 168 Å². The van der Waals surface area contributed by atoms with Gasteiger partial charge in [-0.05, 0) is 49.3 Å². The van der Waals surface area contributed by atoms with Gasteiger partial charge in [0, 0.05) is 11.9 Å². The van der Waals surface area contributed by atoms with Gasteiger partial charge in [0.05, 0.1) is 13.2 Å². The molecule has 0 bridgehead atoms. The molecule has 1 aromatic heterocycles. The Morgan fingerprint density at radius 1 is 1.24 bits per heavy atom. The van der Waals surface area contributed by atoms with E-state index in [9.17, 15) is 4.79 Å². The lowest BCUT2D eigenvalue weighted by Crippen LogP contribution is -2.41. The molecular weight excluding hydrogens is 370 g/mol. The van der Waals surface area contributed by atoms with Crippen molar-refractivity contribution in [3.05, 3.63) is 54.4 Å². The Balaban J connectivity index is 1.69. The Bertz CT molecular complexity index is 1020. The van der Waals surface area contributed by atoms with Gasteiger partial charge in [-0.3, -0.25) is 0 Å². The van der Waals surface area contributed by atoms with E-state index in [2.05, 4.69) is 26.3 Å². The number of para-hydroxylation sites is 1. The highest BCUT2D eigenvalue weighted by Crippen LogP contribution is 2.31. The zero-order valence-electron chi connectivity index (χ0n) is 16.2. The molecule has 1 saturated heterocycles. The molecule has 3 aromatic rings. The first kappa shape index (κ1) is 18.9. The Hall–Kier alpha value is -3.39. The van der Waals surface area contributed by atoms with Crippen LogP contribution in [-0.4, -0.2) is 47.7 Å². The van der Waals surface area contributed by atoms with Crippen molar-refractivity contribution in [3.63, 3.8) is 0 Å². The highest BCUT2D eigenvalue weighted by molar-refractivity contribution is 5.94. The van der Waals surface area contributed by atoms with Gasteiger partial charge in [-0.15, -0.1) is 0 Å². The van der Waals surface area contributed by atoms with E-state index in [0.717, 1.165) is 36.3 Å². The van der Waals surface area contributed by atoms with Crippen LogP contribution in [0.15, 0.2) is 48.8 Å². The second-order valence-corrected chi connectivity index (χ2v) is 6.92. The monoisotopic (exact) mass is 393 g/mol. The number of methoxy groups -OCH3 is 1. The van der Waals surface area contributed by atoms with E-state index in [1.807, 2.05) is 24.3 Å². The molecule has 0 radical (unpaired) electrons. The van der Waals surface area contributed by atoms with E-state index in [1.54, 1.807) is 19.2 Å². The van der Waals surface area contributed by atoms with Crippen LogP contribution in [0.4, 0.5) is 10.6 Å². The average molecular weight is 393 g/mol. The van der Waals surface area contributed by atoms with Crippen LogP contribution in [0.3, 0.4) is 0 Å². The van der Waals surface area contributed by atoms with Gasteiger partial charge in [0.15, 0.2) is 5.75 Å². The third-order valence-corrected chi connectivity index (χ3v) is 5.03. The summed E-state index contributed by atoms with van der Waals surface area (Å²) >= 11 is 0. The minimum atomic E-state index is -0.877. The van der Waals surface area contributed by atoms with Crippen molar-refractivity contribution < 1.29 is 14.3 Å². The number of fused-ring (bicyclic) bond motifs is 1. The number of amides is 1. The van der Waals surface area contributed by atoms with E-state index in [4.69, 9.17) is 15.2 Å². The van der Waals surface area contributed by atoms with E-state index in [1.165, 1.54) is 12.7 Å². The summed E-state index contributed by atoms with van der Waals surface area (Å²) in [6.07, 6.45) is 1.79. The van der Waals surface area contributed by atoms with Crippen LogP contribution in [0.25, 0.3) is 10.9 Å². The van der Waals surface area contributed by atoms with Gasteiger partial charge >= 0.3 is 6.09 Å². The van der Waals surface area contributed by atoms with E-state index >= 15 is 0 Å². The molecule has 0 unspecified atom stereocenters. The maximum Gasteiger partial charge on any atom is 0.410 e. The maximum atomic E-state index is 11.2. The SMILES string of the molecule is COc1cccc([C@@H](CN2CCC2)Nc2ncnc3c(OC(N)=O)cccc23)c1. The molecular formula is C21H23N5O3. The predicted octanol–water partition coefficient (Wildman–Crippen LogP) is 2.95. The van der Waals surface area contributed by atoms with Crippen molar-refractivity contribution in [1.29, 1.82) is 0 Å². The Morgan fingerprint density at radius 3 is 2.79 bits per heavy atom. The van der Waals surface area contributed by atoms with Crippen LogP contribution < -0.4 is 20.5 Å². The van der Waals surface area contributed by atoms with E-state index in [0.29, 0.717) is 17.1 Å². The maximum absolute atomic E-state index is 11.2. The quantitative estimate of drug-likeness (QED) is 0.636. The number of nitrogens with two attached hydrogens (primary N) is 1. The summed E-state index contributed by atoms with van der Waals surface area (Å²) in [5.41, 5.74) is 6.81. The number of benzene rings is 2. The zero-order chi connectivity index (χ0) is 20.2. The topological polar surface area (TPSA) is 103 Å². The summed E-state index contributed by atoms with van der Waals surface area (Å²) < 4.78 is 10.5. The molecule has 150 valence electrons. The molecule has 8 nitrogen and oxygen atoms in total. The number of nitrogens with one attached hydrogen (secondary N) is 1. The summed E-state index contributed by atoms with van der Waals surface area (Å²) in [6.45, 7) is 3.02. The van der Waals surface area contributed by atoms with Crippen molar-refractivity contribution in [2.75, 3.05) is 32.1 Å². The van der Waals surface area contributed by atoms with Gasteiger partial charge in [0.1, 0.15) is 23.4 Å². The Kier molecular flexibility index (Phi) is 5.44. The van der Waals surface area contributed by atoms with Crippen LogP contribution in [0.1, 0.15) is 18.0 Å². The molecule has 1 atom stereocenters. The van der Waals surface area contributed by atoms with Crippen LogP contribution in [0.2, 0.25) is 0 Å². The fourth-order valence-corrected chi connectivity index (χ4v) is 3.45. The number of aromatic nitrogens is 2. The summed E-state index contributed by atoms with van der Waals surface area (Å²) in [5, 5.41) is 4.30. The number of carbonyl (C=O) groups excluding carboxylic acids is 1. The molecule has 4 rings (SSSR count). The molecule has 29 heavy (non-hydrogen) atoms. The number of hydrogen-bond donors (Lipinski definition) is 2. The third kappa shape index (κ3) is 4.22. The first-order valence-corrected chi connectivity index (χ1v) is 9.48. The number of hydrogen-bond acceptors (Lipinski definition) is 7. The fourth-order valence-electron chi connectivity index (χ4n) is 3.45. The minimum Gasteiger partial charge on any atom is -0.497 e. The second-order valence-electron chi connectivity index (χ2n) is 6.92.